The number of nitrogens with zero attached hydrogens (tertiary/aromatic N) is 1. The molecule has 1 aromatic carbocycles. The van der Waals surface area contributed by atoms with Gasteiger partial charge in [0, 0.05) is 12.6 Å². The van der Waals surface area contributed by atoms with Crippen LogP contribution in [-0.4, -0.2) is 11.5 Å². The van der Waals surface area contributed by atoms with Crippen molar-refractivity contribution in [2.45, 2.75) is 13.8 Å². The maximum Gasteiger partial charge on any atom is 0.274 e. The lowest BCUT2D eigenvalue weighted by Gasteiger charge is -2.08. The molecule has 1 aromatic rings. The highest BCUT2D eigenvalue weighted by Crippen LogP contribution is 2.27. The van der Waals surface area contributed by atoms with Crippen molar-refractivity contribution < 1.29 is 9.31 Å². The first-order valence-corrected chi connectivity index (χ1v) is 4.25. The minimum Gasteiger partial charge on any atom is -0.383 e. The maximum atomic E-state index is 13.2. The minimum atomic E-state index is -0.518. The van der Waals surface area contributed by atoms with Gasteiger partial charge in [0.15, 0.2) is 0 Å². The molecule has 0 spiro atoms. The van der Waals surface area contributed by atoms with E-state index in [1.165, 1.54) is 13.0 Å². The standard InChI is InChI=1S/C9H11FN2O2/c1-3-11-9-6(2)8(12(13)14)5-4-7(9)10/h4-5,11H,3H2,1-2H3. The van der Waals surface area contributed by atoms with Gasteiger partial charge in [-0.2, -0.15) is 0 Å². The summed E-state index contributed by atoms with van der Waals surface area (Å²) in [4.78, 5) is 10.0. The van der Waals surface area contributed by atoms with Crippen LogP contribution >= 0.6 is 0 Å². The van der Waals surface area contributed by atoms with Gasteiger partial charge in [-0.25, -0.2) is 4.39 Å². The monoisotopic (exact) mass is 198 g/mol. The molecule has 4 nitrogen and oxygen atoms in total. The van der Waals surface area contributed by atoms with Gasteiger partial charge in [-0.05, 0) is 19.9 Å². The van der Waals surface area contributed by atoms with Gasteiger partial charge in [-0.15, -0.1) is 0 Å². The molecule has 0 radical (unpaired) electrons. The zero-order chi connectivity index (χ0) is 10.7. The van der Waals surface area contributed by atoms with Crippen LogP contribution in [0, 0.1) is 22.9 Å². The lowest BCUT2D eigenvalue weighted by molar-refractivity contribution is -0.385. The Morgan fingerprint density at radius 2 is 2.21 bits per heavy atom. The van der Waals surface area contributed by atoms with E-state index in [9.17, 15) is 14.5 Å². The summed E-state index contributed by atoms with van der Waals surface area (Å²) in [5.41, 5.74) is 0.473. The normalized spacial score (nSPS) is 9.93. The van der Waals surface area contributed by atoms with Crippen LogP contribution in [0.15, 0.2) is 12.1 Å². The molecule has 0 aliphatic rings. The third kappa shape index (κ3) is 1.81. The zero-order valence-corrected chi connectivity index (χ0v) is 8.00. The highest BCUT2D eigenvalue weighted by molar-refractivity contribution is 5.60. The summed E-state index contributed by atoms with van der Waals surface area (Å²) >= 11 is 0. The second kappa shape index (κ2) is 4.04. The SMILES string of the molecule is CCNc1c(F)ccc([N+](=O)[O-])c1C. The number of nitrogens with one attached hydrogen (secondary N) is 1. The number of nitro groups is 1. The Bertz CT molecular complexity index is 366. The molecule has 0 unspecified atom stereocenters. The Morgan fingerprint density at radius 3 is 2.71 bits per heavy atom. The highest BCUT2D eigenvalue weighted by Gasteiger charge is 2.16. The molecule has 1 rings (SSSR count). The summed E-state index contributed by atoms with van der Waals surface area (Å²) in [6.07, 6.45) is 0. The van der Waals surface area contributed by atoms with Gasteiger partial charge in [-0.3, -0.25) is 10.1 Å². The van der Waals surface area contributed by atoms with Crippen molar-refractivity contribution in [2.24, 2.45) is 0 Å². The number of benzene rings is 1. The Balaban J connectivity index is 3.26. The van der Waals surface area contributed by atoms with Crippen molar-refractivity contribution >= 4 is 11.4 Å². The van der Waals surface area contributed by atoms with Gasteiger partial charge in [-0.1, -0.05) is 0 Å². The minimum absolute atomic E-state index is 0.0673. The first-order chi connectivity index (χ1) is 6.57. The quantitative estimate of drug-likeness (QED) is 0.599. The maximum absolute atomic E-state index is 13.2. The second-order valence-corrected chi connectivity index (χ2v) is 2.85. The van der Waals surface area contributed by atoms with Crippen molar-refractivity contribution in [3.63, 3.8) is 0 Å². The van der Waals surface area contributed by atoms with Crippen LogP contribution in [0.3, 0.4) is 0 Å². The van der Waals surface area contributed by atoms with Crippen LogP contribution in [0.5, 0.6) is 0 Å². The van der Waals surface area contributed by atoms with E-state index in [1.807, 2.05) is 0 Å². The summed E-state index contributed by atoms with van der Waals surface area (Å²) in [6.45, 7) is 3.86. The summed E-state index contributed by atoms with van der Waals surface area (Å²) in [5, 5.41) is 13.3. The van der Waals surface area contributed by atoms with Crippen LogP contribution in [0.1, 0.15) is 12.5 Å². The van der Waals surface area contributed by atoms with Gasteiger partial charge >= 0.3 is 0 Å². The van der Waals surface area contributed by atoms with E-state index in [2.05, 4.69) is 5.32 Å². The third-order valence-electron chi connectivity index (χ3n) is 1.94. The van der Waals surface area contributed by atoms with Crippen LogP contribution in [-0.2, 0) is 0 Å². The van der Waals surface area contributed by atoms with Gasteiger partial charge < -0.3 is 5.32 Å². The van der Waals surface area contributed by atoms with E-state index >= 15 is 0 Å². The topological polar surface area (TPSA) is 55.2 Å². The summed E-state index contributed by atoms with van der Waals surface area (Å²) < 4.78 is 13.2. The number of rotatable bonds is 3. The predicted octanol–water partition coefficient (Wildman–Crippen LogP) is 2.47. The average molecular weight is 198 g/mol. The molecule has 0 heterocycles. The molecule has 0 aliphatic heterocycles. The van der Waals surface area contributed by atoms with Gasteiger partial charge in [0.2, 0.25) is 0 Å². The average Bonchev–Trinajstić information content (AvgIpc) is 2.11. The second-order valence-electron chi connectivity index (χ2n) is 2.85. The van der Waals surface area contributed by atoms with Crippen molar-refractivity contribution in [1.82, 2.24) is 0 Å². The largest absolute Gasteiger partial charge is 0.383 e. The van der Waals surface area contributed by atoms with E-state index in [-0.39, 0.29) is 11.4 Å². The molecular weight excluding hydrogens is 187 g/mol. The molecule has 0 saturated carbocycles. The molecule has 0 aromatic heterocycles. The molecule has 0 fully saturated rings. The molecule has 0 bridgehead atoms. The van der Waals surface area contributed by atoms with E-state index in [0.29, 0.717) is 12.1 Å². The van der Waals surface area contributed by atoms with E-state index in [0.717, 1.165) is 6.07 Å². The van der Waals surface area contributed by atoms with Crippen LogP contribution in [0.4, 0.5) is 15.8 Å². The molecule has 0 saturated heterocycles. The smallest absolute Gasteiger partial charge is 0.274 e. The number of anilines is 1. The molecule has 14 heavy (non-hydrogen) atoms. The Kier molecular flexibility index (Phi) is 3.01. The van der Waals surface area contributed by atoms with Crippen LogP contribution < -0.4 is 5.32 Å². The zero-order valence-electron chi connectivity index (χ0n) is 8.00. The molecule has 0 aliphatic carbocycles. The fraction of sp³-hybridized carbons (Fsp3) is 0.333. The number of hydrogen-bond donors (Lipinski definition) is 1. The summed E-state index contributed by atoms with van der Waals surface area (Å²) in [6, 6.07) is 2.27. The van der Waals surface area contributed by atoms with Crippen molar-refractivity contribution in [2.75, 3.05) is 11.9 Å². The lowest BCUT2D eigenvalue weighted by atomic mass is 10.1. The number of hydrogen-bond acceptors (Lipinski definition) is 3. The first-order valence-electron chi connectivity index (χ1n) is 4.25. The molecule has 5 heteroatoms. The molecule has 1 N–H and O–H groups in total. The molecule has 76 valence electrons. The third-order valence-corrected chi connectivity index (χ3v) is 1.94. The van der Waals surface area contributed by atoms with Crippen molar-refractivity contribution in [3.05, 3.63) is 33.6 Å². The fourth-order valence-electron chi connectivity index (χ4n) is 1.26. The Labute approximate surface area is 80.9 Å². The first kappa shape index (κ1) is 10.4. The molecular formula is C9H11FN2O2. The van der Waals surface area contributed by atoms with Gasteiger partial charge in [0.1, 0.15) is 5.82 Å². The van der Waals surface area contributed by atoms with Crippen LogP contribution in [0.2, 0.25) is 0 Å². The van der Waals surface area contributed by atoms with E-state index in [1.54, 1.807) is 6.92 Å². The van der Waals surface area contributed by atoms with Gasteiger partial charge in [0.25, 0.3) is 5.69 Å². The Morgan fingerprint density at radius 1 is 1.57 bits per heavy atom. The van der Waals surface area contributed by atoms with Crippen molar-refractivity contribution in [1.29, 1.82) is 0 Å². The lowest BCUT2D eigenvalue weighted by Crippen LogP contribution is -2.04. The number of nitro benzene ring substituents is 1. The highest BCUT2D eigenvalue weighted by atomic mass is 19.1. The van der Waals surface area contributed by atoms with E-state index < -0.39 is 10.7 Å². The fourth-order valence-corrected chi connectivity index (χ4v) is 1.26. The van der Waals surface area contributed by atoms with Crippen molar-refractivity contribution in [3.8, 4) is 0 Å². The number of halogens is 1. The predicted molar refractivity (Wildman–Crippen MR) is 52.0 cm³/mol. The molecule has 0 amide bonds. The Hall–Kier alpha value is -1.65. The molecule has 0 atom stereocenters. The summed E-state index contributed by atoms with van der Waals surface area (Å²) in [5.74, 6) is -0.463. The van der Waals surface area contributed by atoms with E-state index in [4.69, 9.17) is 0 Å². The summed E-state index contributed by atoms with van der Waals surface area (Å²) in [7, 11) is 0. The van der Waals surface area contributed by atoms with Crippen LogP contribution in [0.25, 0.3) is 0 Å². The van der Waals surface area contributed by atoms with Gasteiger partial charge in [0.05, 0.1) is 16.2 Å².